The van der Waals surface area contributed by atoms with Gasteiger partial charge in [-0.15, -0.1) is 0 Å². The van der Waals surface area contributed by atoms with Crippen molar-refractivity contribution in [1.82, 2.24) is 14.7 Å². The number of amides is 1. The number of carbonyl (C=O) groups excluding carboxylic acids is 1. The third kappa shape index (κ3) is 2.91. The Morgan fingerprint density at radius 3 is 3.19 bits per heavy atom. The molecule has 1 aromatic rings. The minimum atomic E-state index is 0.149. The smallest absolute Gasteiger partial charge is 0.220 e. The van der Waals surface area contributed by atoms with Crippen LogP contribution in [-0.2, 0) is 11.2 Å². The number of nitrogens with one attached hydrogen (secondary N) is 2. The molecule has 0 aliphatic carbocycles. The topological polar surface area (TPSA) is 66.9 Å². The Labute approximate surface area is 98.8 Å². The molecule has 2 rings (SSSR count). The average molecular weight is 240 g/mol. The van der Waals surface area contributed by atoms with Gasteiger partial charge in [-0.3, -0.25) is 4.79 Å². The molecule has 6 heteroatoms. The van der Waals surface area contributed by atoms with Crippen LogP contribution in [0.1, 0.15) is 32.0 Å². The molecule has 2 N–H and O–H groups in total. The molecular weight excluding hydrogens is 224 g/mol. The van der Waals surface area contributed by atoms with E-state index in [0.29, 0.717) is 6.42 Å². The van der Waals surface area contributed by atoms with Crippen LogP contribution < -0.4 is 10.6 Å². The van der Waals surface area contributed by atoms with E-state index in [0.717, 1.165) is 36.8 Å². The molecule has 0 bridgehead atoms. The van der Waals surface area contributed by atoms with Gasteiger partial charge in [-0.05, 0) is 12.8 Å². The number of nitrogens with zero attached hydrogens (tertiary/aromatic N) is 2. The maximum absolute atomic E-state index is 11.0. The second-order valence-electron chi connectivity index (χ2n) is 3.95. The summed E-state index contributed by atoms with van der Waals surface area (Å²) in [6.45, 7) is 2.86. The van der Waals surface area contributed by atoms with E-state index < -0.39 is 0 Å². The van der Waals surface area contributed by atoms with Gasteiger partial charge in [0.25, 0.3) is 0 Å². The first kappa shape index (κ1) is 11.3. The highest BCUT2D eigenvalue weighted by molar-refractivity contribution is 7.09. The summed E-state index contributed by atoms with van der Waals surface area (Å²) in [4.78, 5) is 15.4. The van der Waals surface area contributed by atoms with Crippen LogP contribution in [0.2, 0.25) is 0 Å². The molecular formula is C10H16N4OS. The van der Waals surface area contributed by atoms with Gasteiger partial charge in [-0.1, -0.05) is 6.92 Å². The quantitative estimate of drug-likeness (QED) is 0.811. The lowest BCUT2D eigenvalue weighted by Crippen LogP contribution is -2.31. The van der Waals surface area contributed by atoms with Gasteiger partial charge in [0.2, 0.25) is 11.0 Å². The van der Waals surface area contributed by atoms with E-state index in [2.05, 4.69) is 26.9 Å². The molecule has 0 saturated carbocycles. The van der Waals surface area contributed by atoms with Crippen molar-refractivity contribution in [3.8, 4) is 0 Å². The summed E-state index contributed by atoms with van der Waals surface area (Å²) in [5.74, 6) is 1.06. The number of anilines is 1. The molecule has 0 radical (unpaired) electrons. The van der Waals surface area contributed by atoms with Crippen molar-refractivity contribution in [2.75, 3.05) is 11.9 Å². The van der Waals surface area contributed by atoms with E-state index in [4.69, 9.17) is 0 Å². The van der Waals surface area contributed by atoms with Gasteiger partial charge in [0, 0.05) is 37.0 Å². The summed E-state index contributed by atoms with van der Waals surface area (Å²) in [7, 11) is 0. The Bertz CT molecular complexity index is 365. The maximum Gasteiger partial charge on any atom is 0.220 e. The first-order chi connectivity index (χ1) is 7.78. The van der Waals surface area contributed by atoms with E-state index in [1.165, 1.54) is 11.5 Å². The summed E-state index contributed by atoms with van der Waals surface area (Å²) < 4.78 is 4.25. The van der Waals surface area contributed by atoms with Gasteiger partial charge in [0.05, 0.1) is 0 Å². The highest BCUT2D eigenvalue weighted by Crippen LogP contribution is 2.13. The minimum absolute atomic E-state index is 0.149. The highest BCUT2D eigenvalue weighted by Gasteiger charge is 2.20. The molecule has 1 aliphatic rings. The minimum Gasteiger partial charge on any atom is -0.358 e. The normalized spacial score (nSPS) is 19.8. The van der Waals surface area contributed by atoms with Gasteiger partial charge in [0.1, 0.15) is 5.82 Å². The Morgan fingerprint density at radius 1 is 1.62 bits per heavy atom. The van der Waals surface area contributed by atoms with Crippen LogP contribution in [0.4, 0.5) is 5.13 Å². The number of rotatable bonds is 5. The largest absolute Gasteiger partial charge is 0.358 e. The van der Waals surface area contributed by atoms with Crippen molar-refractivity contribution < 1.29 is 4.79 Å². The molecule has 2 heterocycles. The summed E-state index contributed by atoms with van der Waals surface area (Å²) in [5.41, 5.74) is 0. The standard InChI is InChI=1S/C10H16N4OS/c1-2-3-8-13-10(16-14-8)11-6-7-4-5-9(15)12-7/h7H,2-6H2,1H3,(H,12,15)(H,11,13,14). The van der Waals surface area contributed by atoms with Crippen LogP contribution in [-0.4, -0.2) is 27.9 Å². The van der Waals surface area contributed by atoms with Gasteiger partial charge in [-0.25, -0.2) is 4.98 Å². The number of aryl methyl sites for hydroxylation is 1. The van der Waals surface area contributed by atoms with E-state index in [1.54, 1.807) is 0 Å². The average Bonchev–Trinajstić information content (AvgIpc) is 2.85. The fourth-order valence-corrected chi connectivity index (χ4v) is 2.31. The Morgan fingerprint density at radius 2 is 2.50 bits per heavy atom. The number of hydrogen-bond acceptors (Lipinski definition) is 5. The first-order valence-electron chi connectivity index (χ1n) is 5.63. The molecule has 88 valence electrons. The molecule has 5 nitrogen and oxygen atoms in total. The van der Waals surface area contributed by atoms with E-state index in [9.17, 15) is 4.79 Å². The van der Waals surface area contributed by atoms with Gasteiger partial charge < -0.3 is 10.6 Å². The van der Waals surface area contributed by atoms with Crippen molar-refractivity contribution in [2.45, 2.75) is 38.6 Å². The molecule has 1 saturated heterocycles. The van der Waals surface area contributed by atoms with E-state index in [1.807, 2.05) is 0 Å². The van der Waals surface area contributed by atoms with E-state index in [-0.39, 0.29) is 11.9 Å². The Hall–Kier alpha value is -1.17. The van der Waals surface area contributed by atoms with Crippen molar-refractivity contribution in [2.24, 2.45) is 0 Å². The van der Waals surface area contributed by atoms with Crippen molar-refractivity contribution >= 4 is 22.6 Å². The van der Waals surface area contributed by atoms with Crippen molar-refractivity contribution in [3.63, 3.8) is 0 Å². The molecule has 0 spiro atoms. The molecule has 1 aliphatic heterocycles. The molecule has 1 amide bonds. The fourth-order valence-electron chi connectivity index (χ4n) is 1.69. The summed E-state index contributed by atoms with van der Waals surface area (Å²) in [6.07, 6.45) is 3.54. The molecule has 1 fully saturated rings. The Balaban J connectivity index is 1.78. The van der Waals surface area contributed by atoms with Crippen LogP contribution in [0.3, 0.4) is 0 Å². The molecule has 16 heavy (non-hydrogen) atoms. The summed E-state index contributed by atoms with van der Waals surface area (Å²) in [6, 6.07) is 0.242. The third-order valence-corrected chi connectivity index (χ3v) is 3.24. The van der Waals surface area contributed by atoms with Crippen LogP contribution >= 0.6 is 11.5 Å². The van der Waals surface area contributed by atoms with Crippen LogP contribution in [0.25, 0.3) is 0 Å². The molecule has 1 unspecified atom stereocenters. The van der Waals surface area contributed by atoms with Crippen molar-refractivity contribution in [3.05, 3.63) is 5.82 Å². The molecule has 1 atom stereocenters. The predicted octanol–water partition coefficient (Wildman–Crippen LogP) is 1.18. The van der Waals surface area contributed by atoms with Crippen LogP contribution in [0.5, 0.6) is 0 Å². The Kier molecular flexibility index (Phi) is 3.71. The van der Waals surface area contributed by atoms with E-state index >= 15 is 0 Å². The predicted molar refractivity (Wildman–Crippen MR) is 63.6 cm³/mol. The van der Waals surface area contributed by atoms with Crippen LogP contribution in [0.15, 0.2) is 0 Å². The second-order valence-corrected chi connectivity index (χ2v) is 4.70. The highest BCUT2D eigenvalue weighted by atomic mass is 32.1. The molecule has 0 aromatic carbocycles. The monoisotopic (exact) mass is 240 g/mol. The van der Waals surface area contributed by atoms with Gasteiger partial charge in [-0.2, -0.15) is 4.37 Å². The number of carbonyl (C=O) groups is 1. The summed E-state index contributed by atoms with van der Waals surface area (Å²) in [5, 5.41) is 6.98. The lowest BCUT2D eigenvalue weighted by atomic mass is 10.2. The van der Waals surface area contributed by atoms with Gasteiger partial charge >= 0.3 is 0 Å². The first-order valence-corrected chi connectivity index (χ1v) is 6.41. The third-order valence-electron chi connectivity index (χ3n) is 2.53. The second kappa shape index (κ2) is 5.25. The SMILES string of the molecule is CCCc1nsc(NCC2CCC(=O)N2)n1. The zero-order chi connectivity index (χ0) is 11.4. The number of aromatic nitrogens is 2. The zero-order valence-corrected chi connectivity index (χ0v) is 10.1. The maximum atomic E-state index is 11.0. The van der Waals surface area contributed by atoms with Gasteiger partial charge in [0.15, 0.2) is 0 Å². The zero-order valence-electron chi connectivity index (χ0n) is 9.32. The lowest BCUT2D eigenvalue weighted by Gasteiger charge is -2.09. The fraction of sp³-hybridized carbons (Fsp3) is 0.700. The van der Waals surface area contributed by atoms with Crippen molar-refractivity contribution in [1.29, 1.82) is 0 Å². The summed E-state index contributed by atoms with van der Waals surface area (Å²) >= 11 is 1.39. The molecule has 1 aromatic heterocycles. The van der Waals surface area contributed by atoms with Crippen LogP contribution in [0, 0.1) is 0 Å². The lowest BCUT2D eigenvalue weighted by molar-refractivity contribution is -0.119. The number of hydrogen-bond donors (Lipinski definition) is 2.